The minimum Gasteiger partial charge on any atom is -0.341 e. The minimum absolute atomic E-state index is 0. The van der Waals surface area contributed by atoms with E-state index < -0.39 is 0 Å². The van der Waals surface area contributed by atoms with Crippen LogP contribution < -0.4 is 5.73 Å². The number of nitrogens with two attached hydrogens (primary N) is 1. The van der Waals surface area contributed by atoms with E-state index >= 15 is 0 Å². The summed E-state index contributed by atoms with van der Waals surface area (Å²) in [5.41, 5.74) is 5.64. The van der Waals surface area contributed by atoms with Gasteiger partial charge in [0, 0.05) is 25.5 Å². The fourth-order valence-corrected chi connectivity index (χ4v) is 2.28. The number of rotatable bonds is 3. The molecule has 0 aliphatic carbocycles. The van der Waals surface area contributed by atoms with Crippen molar-refractivity contribution in [1.82, 2.24) is 14.7 Å². The normalized spacial score (nSPS) is 17.3. The van der Waals surface area contributed by atoms with Gasteiger partial charge in [0.1, 0.15) is 6.04 Å². The van der Waals surface area contributed by atoms with Crippen LogP contribution in [0.25, 0.3) is 0 Å². The largest absolute Gasteiger partial charge is 0.341 e. The molecule has 1 atom stereocenters. The smallest absolute Gasteiger partial charge is 0.247 e. The number of nitrogens with zero attached hydrogens (tertiary/aromatic N) is 3. The first-order valence-corrected chi connectivity index (χ1v) is 6.20. The van der Waals surface area contributed by atoms with Crippen molar-refractivity contribution in [2.75, 3.05) is 19.6 Å². The summed E-state index contributed by atoms with van der Waals surface area (Å²) in [6.07, 6.45) is 5.57. The standard InChI is InChI=1S/C12H20N4O.2ClH/c1-10(16-6-2-5-14-16)12(17)15-7-3-11(9-13)4-8-15;;/h2,5-6,10-11H,3-4,7-9,13H2,1H3;2*1H. The Kier molecular flexibility index (Phi) is 8.06. The second-order valence-corrected chi connectivity index (χ2v) is 4.67. The van der Waals surface area contributed by atoms with Gasteiger partial charge in [-0.3, -0.25) is 9.48 Å². The van der Waals surface area contributed by atoms with E-state index in [0.29, 0.717) is 5.92 Å². The molecular weight excluding hydrogens is 287 g/mol. The molecule has 5 nitrogen and oxygen atoms in total. The van der Waals surface area contributed by atoms with Crippen LogP contribution in [-0.2, 0) is 4.79 Å². The number of carbonyl (C=O) groups excluding carboxylic acids is 1. The molecule has 1 amide bonds. The van der Waals surface area contributed by atoms with Crippen LogP contribution >= 0.6 is 24.8 Å². The van der Waals surface area contributed by atoms with Crippen molar-refractivity contribution < 1.29 is 4.79 Å². The molecule has 2 heterocycles. The molecule has 110 valence electrons. The summed E-state index contributed by atoms with van der Waals surface area (Å²) in [7, 11) is 0. The Balaban J connectivity index is 0.00000162. The maximum Gasteiger partial charge on any atom is 0.247 e. The van der Waals surface area contributed by atoms with Crippen LogP contribution in [0.15, 0.2) is 18.5 Å². The Bertz CT molecular complexity index is 364. The monoisotopic (exact) mass is 308 g/mol. The van der Waals surface area contributed by atoms with E-state index in [1.807, 2.05) is 24.1 Å². The third-order valence-electron chi connectivity index (χ3n) is 3.54. The molecule has 0 spiro atoms. The average Bonchev–Trinajstić information content (AvgIpc) is 2.91. The van der Waals surface area contributed by atoms with Gasteiger partial charge in [0.25, 0.3) is 0 Å². The van der Waals surface area contributed by atoms with Gasteiger partial charge in [-0.25, -0.2) is 0 Å². The molecule has 1 aliphatic heterocycles. The fourth-order valence-electron chi connectivity index (χ4n) is 2.28. The molecule has 1 saturated heterocycles. The van der Waals surface area contributed by atoms with Crippen LogP contribution in [0.5, 0.6) is 0 Å². The second-order valence-electron chi connectivity index (χ2n) is 4.67. The van der Waals surface area contributed by atoms with E-state index in [4.69, 9.17) is 5.73 Å². The highest BCUT2D eigenvalue weighted by Gasteiger charge is 2.26. The molecule has 0 bridgehead atoms. The van der Waals surface area contributed by atoms with Gasteiger partial charge in [0.05, 0.1) is 0 Å². The number of hydrogen-bond acceptors (Lipinski definition) is 3. The van der Waals surface area contributed by atoms with Crippen LogP contribution in [0, 0.1) is 5.92 Å². The Morgan fingerprint density at radius 2 is 2.05 bits per heavy atom. The van der Waals surface area contributed by atoms with Gasteiger partial charge in [-0.15, -0.1) is 24.8 Å². The first-order chi connectivity index (χ1) is 8.22. The van der Waals surface area contributed by atoms with Crippen LogP contribution in [0.3, 0.4) is 0 Å². The lowest BCUT2D eigenvalue weighted by Gasteiger charge is -2.33. The van der Waals surface area contributed by atoms with Crippen molar-refractivity contribution in [3.05, 3.63) is 18.5 Å². The first kappa shape index (κ1) is 18.2. The minimum atomic E-state index is -0.209. The Labute approximate surface area is 126 Å². The molecule has 1 fully saturated rings. The highest BCUT2D eigenvalue weighted by Crippen LogP contribution is 2.18. The summed E-state index contributed by atoms with van der Waals surface area (Å²) in [6.45, 7) is 4.28. The zero-order valence-corrected chi connectivity index (χ0v) is 12.7. The molecular formula is C12H22Cl2N4O. The summed E-state index contributed by atoms with van der Waals surface area (Å²) in [5.74, 6) is 0.739. The predicted molar refractivity (Wildman–Crippen MR) is 79.8 cm³/mol. The number of likely N-dealkylation sites (tertiary alicyclic amines) is 1. The van der Waals surface area contributed by atoms with Crippen molar-refractivity contribution in [2.24, 2.45) is 11.7 Å². The number of amides is 1. The molecule has 1 aromatic rings. The van der Waals surface area contributed by atoms with E-state index in [1.54, 1.807) is 10.9 Å². The summed E-state index contributed by atoms with van der Waals surface area (Å²) in [5, 5.41) is 4.11. The lowest BCUT2D eigenvalue weighted by molar-refractivity contribution is -0.135. The van der Waals surface area contributed by atoms with E-state index in [9.17, 15) is 4.79 Å². The van der Waals surface area contributed by atoms with Gasteiger partial charge < -0.3 is 10.6 Å². The van der Waals surface area contributed by atoms with E-state index in [2.05, 4.69) is 5.10 Å². The molecule has 2 rings (SSSR count). The zero-order chi connectivity index (χ0) is 12.3. The van der Waals surface area contributed by atoms with Gasteiger partial charge >= 0.3 is 0 Å². The molecule has 0 radical (unpaired) electrons. The van der Waals surface area contributed by atoms with E-state index in [1.165, 1.54) is 0 Å². The number of aromatic nitrogens is 2. The maximum absolute atomic E-state index is 12.2. The van der Waals surface area contributed by atoms with Crippen LogP contribution in [-0.4, -0.2) is 40.2 Å². The van der Waals surface area contributed by atoms with Crippen molar-refractivity contribution >= 4 is 30.7 Å². The first-order valence-electron chi connectivity index (χ1n) is 6.20. The second kappa shape index (κ2) is 8.40. The molecule has 1 aliphatic rings. The lowest BCUT2D eigenvalue weighted by atomic mass is 9.97. The van der Waals surface area contributed by atoms with Gasteiger partial charge in [0.15, 0.2) is 0 Å². The van der Waals surface area contributed by atoms with Crippen LogP contribution in [0.4, 0.5) is 0 Å². The van der Waals surface area contributed by atoms with E-state index in [-0.39, 0.29) is 36.8 Å². The molecule has 1 aromatic heterocycles. The van der Waals surface area contributed by atoms with Gasteiger partial charge in [0.2, 0.25) is 5.91 Å². The quantitative estimate of drug-likeness (QED) is 0.920. The molecule has 7 heteroatoms. The molecule has 0 aromatic carbocycles. The number of halogens is 2. The summed E-state index contributed by atoms with van der Waals surface area (Å²) in [6, 6.07) is 1.63. The molecule has 1 unspecified atom stereocenters. The third-order valence-corrected chi connectivity index (χ3v) is 3.54. The summed E-state index contributed by atoms with van der Waals surface area (Å²) in [4.78, 5) is 14.2. The third kappa shape index (κ3) is 4.37. The fraction of sp³-hybridized carbons (Fsp3) is 0.667. The highest BCUT2D eigenvalue weighted by molar-refractivity contribution is 5.85. The van der Waals surface area contributed by atoms with Gasteiger partial charge in [-0.1, -0.05) is 0 Å². The predicted octanol–water partition coefficient (Wildman–Crippen LogP) is 1.48. The Morgan fingerprint density at radius 3 is 2.53 bits per heavy atom. The van der Waals surface area contributed by atoms with Gasteiger partial charge in [-0.05, 0) is 38.3 Å². The van der Waals surface area contributed by atoms with Crippen molar-refractivity contribution in [3.8, 4) is 0 Å². The highest BCUT2D eigenvalue weighted by atomic mass is 35.5. The Morgan fingerprint density at radius 1 is 1.42 bits per heavy atom. The molecule has 19 heavy (non-hydrogen) atoms. The number of hydrogen-bond donors (Lipinski definition) is 1. The number of piperidine rings is 1. The average molecular weight is 309 g/mol. The van der Waals surface area contributed by atoms with Gasteiger partial charge in [-0.2, -0.15) is 5.10 Å². The Hall–Kier alpha value is -0.780. The van der Waals surface area contributed by atoms with Crippen molar-refractivity contribution in [3.63, 3.8) is 0 Å². The van der Waals surface area contributed by atoms with Crippen molar-refractivity contribution in [1.29, 1.82) is 0 Å². The maximum atomic E-state index is 12.2. The summed E-state index contributed by atoms with van der Waals surface area (Å²) >= 11 is 0. The summed E-state index contributed by atoms with van der Waals surface area (Å²) < 4.78 is 1.71. The van der Waals surface area contributed by atoms with Crippen LogP contribution in [0.2, 0.25) is 0 Å². The SMILES string of the molecule is CC(C(=O)N1CCC(CN)CC1)n1cccn1.Cl.Cl. The van der Waals surface area contributed by atoms with E-state index in [0.717, 1.165) is 32.5 Å². The lowest BCUT2D eigenvalue weighted by Crippen LogP contribution is -2.43. The topological polar surface area (TPSA) is 64.2 Å². The molecule has 0 saturated carbocycles. The number of carbonyl (C=O) groups is 1. The van der Waals surface area contributed by atoms with Crippen LogP contribution in [0.1, 0.15) is 25.8 Å². The van der Waals surface area contributed by atoms with Crippen molar-refractivity contribution in [2.45, 2.75) is 25.8 Å². The molecule has 2 N–H and O–H groups in total. The zero-order valence-electron chi connectivity index (χ0n) is 11.1.